The fourth-order valence-corrected chi connectivity index (χ4v) is 2.68. The third-order valence-corrected chi connectivity index (χ3v) is 3.59. The Morgan fingerprint density at radius 1 is 1.26 bits per heavy atom. The SMILES string of the molecule is Cc1cc(C)c(C(O)C(N)CCNC(=O)OC(C)(C)C)c(C)c1. The summed E-state index contributed by atoms with van der Waals surface area (Å²) in [5.74, 6) is 0. The average molecular weight is 322 g/mol. The molecular formula is C18H30N2O3. The topological polar surface area (TPSA) is 84.6 Å². The monoisotopic (exact) mass is 322 g/mol. The van der Waals surface area contributed by atoms with Crippen molar-refractivity contribution in [3.05, 3.63) is 34.4 Å². The van der Waals surface area contributed by atoms with E-state index in [-0.39, 0.29) is 0 Å². The van der Waals surface area contributed by atoms with Gasteiger partial charge in [-0.3, -0.25) is 0 Å². The molecule has 0 fully saturated rings. The number of nitrogens with two attached hydrogens (primary N) is 1. The number of aliphatic hydroxyl groups excluding tert-OH is 1. The molecule has 0 aliphatic rings. The first-order chi connectivity index (χ1) is 10.5. The van der Waals surface area contributed by atoms with Crippen LogP contribution in [0.5, 0.6) is 0 Å². The zero-order chi connectivity index (χ0) is 17.8. The summed E-state index contributed by atoms with van der Waals surface area (Å²) in [6.07, 6.45) is -0.759. The molecule has 1 amide bonds. The van der Waals surface area contributed by atoms with Gasteiger partial charge in [-0.1, -0.05) is 17.7 Å². The van der Waals surface area contributed by atoms with Gasteiger partial charge in [0.25, 0.3) is 0 Å². The zero-order valence-corrected chi connectivity index (χ0v) is 15.1. The maximum absolute atomic E-state index is 11.6. The van der Waals surface area contributed by atoms with Crippen LogP contribution in [0.2, 0.25) is 0 Å². The van der Waals surface area contributed by atoms with Crippen molar-refractivity contribution in [2.45, 2.75) is 65.7 Å². The summed E-state index contributed by atoms with van der Waals surface area (Å²) >= 11 is 0. The molecule has 0 heterocycles. The molecule has 5 heteroatoms. The highest BCUT2D eigenvalue weighted by molar-refractivity contribution is 5.67. The quantitative estimate of drug-likeness (QED) is 0.778. The van der Waals surface area contributed by atoms with Crippen molar-refractivity contribution in [2.24, 2.45) is 5.73 Å². The summed E-state index contributed by atoms with van der Waals surface area (Å²) in [6.45, 7) is 11.8. The van der Waals surface area contributed by atoms with Gasteiger partial charge in [-0.15, -0.1) is 0 Å². The van der Waals surface area contributed by atoms with Gasteiger partial charge in [0.05, 0.1) is 6.10 Å². The Balaban J connectivity index is 2.59. The second-order valence-corrected chi connectivity index (χ2v) is 7.14. The average Bonchev–Trinajstić information content (AvgIpc) is 2.34. The molecule has 0 aliphatic heterocycles. The number of hydrogen-bond donors (Lipinski definition) is 3. The van der Waals surface area contributed by atoms with Crippen molar-refractivity contribution in [3.63, 3.8) is 0 Å². The van der Waals surface area contributed by atoms with Gasteiger partial charge in [0.2, 0.25) is 0 Å². The Kier molecular flexibility index (Phi) is 6.59. The standard InChI is InChI=1S/C18H30N2O3/c1-11-9-12(2)15(13(3)10-11)16(21)14(19)7-8-20-17(22)23-18(4,5)6/h9-10,14,16,21H,7-8,19H2,1-6H3,(H,20,22). The van der Waals surface area contributed by atoms with Gasteiger partial charge in [-0.2, -0.15) is 0 Å². The van der Waals surface area contributed by atoms with Crippen molar-refractivity contribution in [1.29, 1.82) is 0 Å². The number of rotatable bonds is 5. The minimum Gasteiger partial charge on any atom is -0.444 e. The Morgan fingerprint density at radius 3 is 2.26 bits per heavy atom. The van der Waals surface area contributed by atoms with Crippen LogP contribution in [-0.4, -0.2) is 29.4 Å². The number of amides is 1. The molecule has 1 rings (SSSR count). The molecular weight excluding hydrogens is 292 g/mol. The third-order valence-electron chi connectivity index (χ3n) is 3.59. The van der Waals surface area contributed by atoms with E-state index in [9.17, 15) is 9.90 Å². The zero-order valence-electron chi connectivity index (χ0n) is 15.1. The van der Waals surface area contributed by atoms with Crippen molar-refractivity contribution < 1.29 is 14.6 Å². The van der Waals surface area contributed by atoms with E-state index in [1.807, 2.05) is 53.7 Å². The van der Waals surface area contributed by atoms with Crippen molar-refractivity contribution in [2.75, 3.05) is 6.54 Å². The van der Waals surface area contributed by atoms with Crippen LogP contribution in [0.3, 0.4) is 0 Å². The molecule has 4 N–H and O–H groups in total. The fraction of sp³-hybridized carbons (Fsp3) is 0.611. The van der Waals surface area contributed by atoms with Crippen LogP contribution in [0.1, 0.15) is 55.5 Å². The smallest absolute Gasteiger partial charge is 0.407 e. The van der Waals surface area contributed by atoms with E-state index < -0.39 is 23.8 Å². The molecule has 0 saturated carbocycles. The second-order valence-electron chi connectivity index (χ2n) is 7.14. The molecule has 0 radical (unpaired) electrons. The van der Waals surface area contributed by atoms with Crippen LogP contribution in [0.4, 0.5) is 4.79 Å². The van der Waals surface area contributed by atoms with E-state index in [0.29, 0.717) is 13.0 Å². The fourth-order valence-electron chi connectivity index (χ4n) is 2.68. The van der Waals surface area contributed by atoms with Crippen LogP contribution < -0.4 is 11.1 Å². The molecule has 2 atom stereocenters. The van der Waals surface area contributed by atoms with Crippen LogP contribution in [0.25, 0.3) is 0 Å². The number of aliphatic hydroxyl groups is 1. The normalized spacial score (nSPS) is 14.3. The van der Waals surface area contributed by atoms with Gasteiger partial charge < -0.3 is 20.9 Å². The molecule has 130 valence electrons. The number of aryl methyl sites for hydroxylation is 3. The molecule has 0 aromatic heterocycles. The molecule has 0 spiro atoms. The molecule has 23 heavy (non-hydrogen) atoms. The van der Waals surface area contributed by atoms with Gasteiger partial charge in [0.15, 0.2) is 0 Å². The van der Waals surface area contributed by atoms with Gasteiger partial charge in [-0.25, -0.2) is 4.79 Å². The summed E-state index contributed by atoms with van der Waals surface area (Å²) in [5.41, 5.74) is 9.67. The number of benzene rings is 1. The number of carbonyl (C=O) groups excluding carboxylic acids is 1. The van der Waals surface area contributed by atoms with Gasteiger partial charge in [0, 0.05) is 12.6 Å². The van der Waals surface area contributed by atoms with Crippen molar-refractivity contribution >= 4 is 6.09 Å². The molecule has 1 aromatic rings. The van der Waals surface area contributed by atoms with E-state index in [1.165, 1.54) is 0 Å². The molecule has 5 nitrogen and oxygen atoms in total. The predicted molar refractivity (Wildman–Crippen MR) is 92.4 cm³/mol. The first kappa shape index (κ1) is 19.5. The first-order valence-electron chi connectivity index (χ1n) is 7.99. The summed E-state index contributed by atoms with van der Waals surface area (Å²) in [4.78, 5) is 11.6. The minimum absolute atomic E-state index is 0.358. The number of ether oxygens (including phenoxy) is 1. The van der Waals surface area contributed by atoms with Crippen LogP contribution in [-0.2, 0) is 4.74 Å². The van der Waals surface area contributed by atoms with E-state index in [0.717, 1.165) is 22.3 Å². The number of alkyl carbamates (subject to hydrolysis) is 1. The Hall–Kier alpha value is -1.59. The van der Waals surface area contributed by atoms with Gasteiger partial charge >= 0.3 is 6.09 Å². The molecule has 0 aliphatic carbocycles. The minimum atomic E-state index is -0.754. The van der Waals surface area contributed by atoms with Crippen molar-refractivity contribution in [3.8, 4) is 0 Å². The van der Waals surface area contributed by atoms with Crippen LogP contribution in [0.15, 0.2) is 12.1 Å². The Bertz CT molecular complexity index is 527. The van der Waals surface area contributed by atoms with Crippen LogP contribution >= 0.6 is 0 Å². The van der Waals surface area contributed by atoms with E-state index >= 15 is 0 Å². The largest absolute Gasteiger partial charge is 0.444 e. The van der Waals surface area contributed by atoms with Gasteiger partial charge in [0.1, 0.15) is 5.60 Å². The Morgan fingerprint density at radius 2 is 1.78 bits per heavy atom. The lowest BCUT2D eigenvalue weighted by Crippen LogP contribution is -2.37. The first-order valence-corrected chi connectivity index (χ1v) is 7.99. The molecule has 2 unspecified atom stereocenters. The molecule has 0 bridgehead atoms. The molecule has 0 saturated heterocycles. The second kappa shape index (κ2) is 7.79. The summed E-state index contributed by atoms with van der Waals surface area (Å²) in [5, 5.41) is 13.2. The maximum atomic E-state index is 11.6. The Labute approximate surface area is 139 Å². The highest BCUT2D eigenvalue weighted by Crippen LogP contribution is 2.26. The van der Waals surface area contributed by atoms with Crippen LogP contribution in [0, 0.1) is 20.8 Å². The molecule has 1 aromatic carbocycles. The van der Waals surface area contributed by atoms with Crippen molar-refractivity contribution in [1.82, 2.24) is 5.32 Å². The number of nitrogens with one attached hydrogen (secondary N) is 1. The highest BCUT2D eigenvalue weighted by atomic mass is 16.6. The summed E-state index contributed by atoms with van der Waals surface area (Å²) in [7, 11) is 0. The summed E-state index contributed by atoms with van der Waals surface area (Å²) < 4.78 is 5.16. The van der Waals surface area contributed by atoms with E-state index in [1.54, 1.807) is 0 Å². The number of carbonyl (C=O) groups is 1. The van der Waals surface area contributed by atoms with E-state index in [4.69, 9.17) is 10.5 Å². The predicted octanol–water partition coefficient (Wildman–Crippen LogP) is 2.89. The summed E-state index contributed by atoms with van der Waals surface area (Å²) in [6, 6.07) is 3.62. The lowest BCUT2D eigenvalue weighted by molar-refractivity contribution is 0.0521. The third kappa shape index (κ3) is 6.20. The number of hydrogen-bond acceptors (Lipinski definition) is 4. The van der Waals surface area contributed by atoms with E-state index in [2.05, 4.69) is 5.32 Å². The highest BCUT2D eigenvalue weighted by Gasteiger charge is 2.21. The maximum Gasteiger partial charge on any atom is 0.407 e. The van der Waals surface area contributed by atoms with Gasteiger partial charge in [-0.05, 0) is 64.7 Å². The lowest BCUT2D eigenvalue weighted by Gasteiger charge is -2.24. The lowest BCUT2D eigenvalue weighted by atomic mass is 9.91.